The van der Waals surface area contributed by atoms with Crippen molar-refractivity contribution in [2.24, 2.45) is 11.8 Å². The second-order valence-electron chi connectivity index (χ2n) is 6.37. The van der Waals surface area contributed by atoms with Crippen LogP contribution < -0.4 is 5.32 Å². The SMILES string of the molecule is Cc1cc(C)cc(C(=O)CC2NCC3CCCC32)c1. The molecule has 2 heteroatoms. The Labute approximate surface area is 115 Å². The minimum Gasteiger partial charge on any atom is -0.313 e. The fraction of sp³-hybridized carbons (Fsp3) is 0.588. The molecule has 3 unspecified atom stereocenters. The van der Waals surface area contributed by atoms with E-state index in [9.17, 15) is 4.79 Å². The van der Waals surface area contributed by atoms with Gasteiger partial charge in [-0.25, -0.2) is 0 Å². The van der Waals surface area contributed by atoms with Crippen LogP contribution in [0.2, 0.25) is 0 Å². The Morgan fingerprint density at radius 1 is 1.21 bits per heavy atom. The van der Waals surface area contributed by atoms with Crippen LogP contribution in [-0.2, 0) is 0 Å². The Bertz CT molecular complexity index is 474. The van der Waals surface area contributed by atoms with Crippen LogP contribution in [0.1, 0.15) is 47.2 Å². The first-order chi connectivity index (χ1) is 9.13. The summed E-state index contributed by atoms with van der Waals surface area (Å²) < 4.78 is 0. The van der Waals surface area contributed by atoms with Crippen LogP contribution in [0.4, 0.5) is 0 Å². The molecule has 0 amide bonds. The fourth-order valence-corrected chi connectivity index (χ4v) is 3.98. The van der Waals surface area contributed by atoms with E-state index in [0.717, 1.165) is 23.9 Å². The highest BCUT2D eigenvalue weighted by molar-refractivity contribution is 5.96. The molecule has 1 aromatic carbocycles. The molecule has 1 saturated heterocycles. The van der Waals surface area contributed by atoms with Gasteiger partial charge in [0.2, 0.25) is 0 Å². The number of carbonyl (C=O) groups is 1. The van der Waals surface area contributed by atoms with E-state index in [0.29, 0.717) is 18.2 Å². The first-order valence-corrected chi connectivity index (χ1v) is 7.48. The first kappa shape index (κ1) is 12.9. The van der Waals surface area contributed by atoms with Gasteiger partial charge in [0.05, 0.1) is 0 Å². The van der Waals surface area contributed by atoms with Crippen LogP contribution in [0.5, 0.6) is 0 Å². The largest absolute Gasteiger partial charge is 0.313 e. The van der Waals surface area contributed by atoms with E-state index in [1.165, 1.54) is 30.4 Å². The van der Waals surface area contributed by atoms with Gasteiger partial charge in [0.25, 0.3) is 0 Å². The molecule has 102 valence electrons. The fourth-order valence-electron chi connectivity index (χ4n) is 3.98. The van der Waals surface area contributed by atoms with E-state index in [1.54, 1.807) is 0 Å². The molecule has 0 spiro atoms. The summed E-state index contributed by atoms with van der Waals surface area (Å²) in [5, 5.41) is 3.57. The number of benzene rings is 1. The molecular formula is C17H23NO. The topological polar surface area (TPSA) is 29.1 Å². The molecular weight excluding hydrogens is 234 g/mol. The summed E-state index contributed by atoms with van der Waals surface area (Å²) in [6, 6.07) is 6.59. The molecule has 1 aromatic rings. The molecule has 19 heavy (non-hydrogen) atoms. The number of rotatable bonds is 3. The third-order valence-electron chi connectivity index (χ3n) is 4.83. The van der Waals surface area contributed by atoms with Crippen LogP contribution in [0.3, 0.4) is 0 Å². The van der Waals surface area contributed by atoms with Gasteiger partial charge in [0.1, 0.15) is 0 Å². The molecule has 1 heterocycles. The molecule has 3 atom stereocenters. The van der Waals surface area contributed by atoms with Gasteiger partial charge >= 0.3 is 0 Å². The molecule has 1 aliphatic heterocycles. The van der Waals surface area contributed by atoms with Crippen molar-refractivity contribution >= 4 is 5.78 Å². The Morgan fingerprint density at radius 2 is 1.95 bits per heavy atom. The van der Waals surface area contributed by atoms with E-state index < -0.39 is 0 Å². The van der Waals surface area contributed by atoms with Crippen molar-refractivity contribution < 1.29 is 4.79 Å². The second kappa shape index (κ2) is 5.09. The summed E-state index contributed by atoms with van der Waals surface area (Å²) in [6.07, 6.45) is 4.68. The number of hydrogen-bond donors (Lipinski definition) is 1. The van der Waals surface area contributed by atoms with Crippen molar-refractivity contribution in [2.75, 3.05) is 6.54 Å². The van der Waals surface area contributed by atoms with Crippen LogP contribution >= 0.6 is 0 Å². The highest BCUT2D eigenvalue weighted by Gasteiger charge is 2.39. The van der Waals surface area contributed by atoms with Crippen LogP contribution in [0, 0.1) is 25.7 Å². The molecule has 2 fully saturated rings. The molecule has 0 radical (unpaired) electrons. The van der Waals surface area contributed by atoms with E-state index in [1.807, 2.05) is 12.1 Å². The minimum atomic E-state index is 0.303. The van der Waals surface area contributed by atoms with Crippen LogP contribution in [-0.4, -0.2) is 18.4 Å². The van der Waals surface area contributed by atoms with Gasteiger partial charge in [-0.2, -0.15) is 0 Å². The van der Waals surface area contributed by atoms with Crippen molar-refractivity contribution in [2.45, 2.75) is 45.6 Å². The van der Waals surface area contributed by atoms with Crippen LogP contribution in [0.15, 0.2) is 18.2 Å². The average Bonchev–Trinajstić information content (AvgIpc) is 2.92. The highest BCUT2D eigenvalue weighted by atomic mass is 16.1. The first-order valence-electron chi connectivity index (χ1n) is 7.48. The molecule has 3 rings (SSSR count). The van der Waals surface area contributed by atoms with E-state index in [-0.39, 0.29) is 0 Å². The summed E-state index contributed by atoms with van der Waals surface area (Å²) in [4.78, 5) is 12.5. The molecule has 1 N–H and O–H groups in total. The summed E-state index contributed by atoms with van der Waals surface area (Å²) >= 11 is 0. The molecule has 0 bridgehead atoms. The van der Waals surface area contributed by atoms with Gasteiger partial charge in [-0.1, -0.05) is 23.6 Å². The molecule has 0 aromatic heterocycles. The predicted molar refractivity (Wildman–Crippen MR) is 77.5 cm³/mol. The lowest BCUT2D eigenvalue weighted by molar-refractivity contribution is 0.0963. The summed E-state index contributed by atoms with van der Waals surface area (Å²) in [7, 11) is 0. The second-order valence-corrected chi connectivity index (χ2v) is 6.37. The third kappa shape index (κ3) is 2.59. The summed E-state index contributed by atoms with van der Waals surface area (Å²) in [5.74, 6) is 1.88. The molecule has 1 saturated carbocycles. The zero-order valence-corrected chi connectivity index (χ0v) is 11.9. The quantitative estimate of drug-likeness (QED) is 0.842. The predicted octanol–water partition coefficient (Wildman–Crippen LogP) is 3.26. The normalized spacial score (nSPS) is 29.5. The average molecular weight is 257 g/mol. The van der Waals surface area contributed by atoms with Gasteiger partial charge in [-0.3, -0.25) is 4.79 Å². The van der Waals surface area contributed by atoms with E-state index in [2.05, 4.69) is 25.2 Å². The van der Waals surface area contributed by atoms with Gasteiger partial charge < -0.3 is 5.32 Å². The van der Waals surface area contributed by atoms with Crippen molar-refractivity contribution in [3.8, 4) is 0 Å². The maximum atomic E-state index is 12.5. The number of carbonyl (C=O) groups excluding carboxylic acids is 1. The summed E-state index contributed by atoms with van der Waals surface area (Å²) in [6.45, 7) is 5.24. The van der Waals surface area contributed by atoms with Gasteiger partial charge in [0, 0.05) is 18.0 Å². The van der Waals surface area contributed by atoms with Gasteiger partial charge in [-0.15, -0.1) is 0 Å². The Morgan fingerprint density at radius 3 is 2.68 bits per heavy atom. The van der Waals surface area contributed by atoms with Crippen molar-refractivity contribution in [3.63, 3.8) is 0 Å². The lowest BCUT2D eigenvalue weighted by Gasteiger charge is -2.17. The number of hydrogen-bond acceptors (Lipinski definition) is 2. The van der Waals surface area contributed by atoms with E-state index >= 15 is 0 Å². The van der Waals surface area contributed by atoms with Crippen molar-refractivity contribution in [1.82, 2.24) is 5.32 Å². The zero-order valence-electron chi connectivity index (χ0n) is 11.9. The number of Topliss-reactive ketones (excluding diaryl/α,β-unsaturated/α-hetero) is 1. The lowest BCUT2D eigenvalue weighted by Crippen LogP contribution is -2.29. The zero-order chi connectivity index (χ0) is 13.4. The Kier molecular flexibility index (Phi) is 3.44. The van der Waals surface area contributed by atoms with Crippen molar-refractivity contribution in [3.05, 3.63) is 34.9 Å². The highest BCUT2D eigenvalue weighted by Crippen LogP contribution is 2.39. The Balaban J connectivity index is 1.71. The number of nitrogens with one attached hydrogen (secondary N) is 1. The number of aryl methyl sites for hydroxylation is 2. The molecule has 2 nitrogen and oxygen atoms in total. The third-order valence-corrected chi connectivity index (χ3v) is 4.83. The maximum Gasteiger partial charge on any atom is 0.164 e. The summed E-state index contributed by atoms with van der Waals surface area (Å²) in [5.41, 5.74) is 3.25. The smallest absolute Gasteiger partial charge is 0.164 e. The maximum absolute atomic E-state index is 12.5. The Hall–Kier alpha value is -1.15. The standard InChI is InChI=1S/C17H23NO/c1-11-6-12(2)8-14(7-11)17(19)9-16-15-5-3-4-13(15)10-18-16/h6-8,13,15-16,18H,3-5,9-10H2,1-2H3. The van der Waals surface area contributed by atoms with Gasteiger partial charge in [0.15, 0.2) is 5.78 Å². The number of fused-ring (bicyclic) bond motifs is 1. The number of ketones is 1. The van der Waals surface area contributed by atoms with E-state index in [4.69, 9.17) is 0 Å². The molecule has 1 aliphatic carbocycles. The molecule has 2 aliphatic rings. The van der Waals surface area contributed by atoms with Crippen LogP contribution in [0.25, 0.3) is 0 Å². The lowest BCUT2D eigenvalue weighted by atomic mass is 9.89. The van der Waals surface area contributed by atoms with Crippen molar-refractivity contribution in [1.29, 1.82) is 0 Å². The minimum absolute atomic E-state index is 0.303. The monoisotopic (exact) mass is 257 g/mol. The van der Waals surface area contributed by atoms with Gasteiger partial charge in [-0.05, 0) is 57.2 Å².